The topological polar surface area (TPSA) is 63.7 Å². The average Bonchev–Trinajstić information content (AvgIpc) is 3.13. The highest BCUT2D eigenvalue weighted by Crippen LogP contribution is 2.37. The maximum absolute atomic E-state index is 12.9. The summed E-state index contributed by atoms with van der Waals surface area (Å²) >= 11 is 5.97. The van der Waals surface area contributed by atoms with E-state index in [4.69, 9.17) is 21.6 Å². The van der Waals surface area contributed by atoms with E-state index in [1.807, 2.05) is 6.07 Å². The number of aromatic nitrogens is 3. The molecule has 2 aromatic rings. The van der Waals surface area contributed by atoms with Gasteiger partial charge in [-0.3, -0.25) is 0 Å². The summed E-state index contributed by atoms with van der Waals surface area (Å²) in [5.74, 6) is -0.395. The van der Waals surface area contributed by atoms with Crippen molar-refractivity contribution in [2.75, 3.05) is 6.61 Å². The smallest absolute Gasteiger partial charge is 0.243 e. The minimum atomic E-state index is -2.42. The first-order chi connectivity index (χ1) is 11.0. The molecule has 0 N–H and O–H groups in total. The second-order valence-electron chi connectivity index (χ2n) is 5.39. The van der Waals surface area contributed by atoms with E-state index in [1.165, 1.54) is 4.68 Å². The lowest BCUT2D eigenvalue weighted by atomic mass is 10.0. The molecular formula is C15H13ClF2N4O. The third kappa shape index (κ3) is 3.05. The molecule has 2 atom stereocenters. The maximum atomic E-state index is 12.9. The number of ether oxygens (including phenoxy) is 1. The largest absolute Gasteiger partial charge is 0.373 e. The quantitative estimate of drug-likeness (QED) is 0.804. The highest BCUT2D eigenvalue weighted by atomic mass is 35.5. The molecule has 8 heteroatoms. The molecule has 0 amide bonds. The number of hydrogen-bond donors (Lipinski definition) is 0. The number of nitriles is 1. The van der Waals surface area contributed by atoms with E-state index >= 15 is 0 Å². The van der Waals surface area contributed by atoms with Crippen LogP contribution >= 0.6 is 11.6 Å². The summed E-state index contributed by atoms with van der Waals surface area (Å²) in [5.41, 5.74) is 1.57. The Kier molecular flexibility index (Phi) is 4.28. The van der Waals surface area contributed by atoms with Crippen molar-refractivity contribution in [2.24, 2.45) is 5.92 Å². The van der Waals surface area contributed by atoms with E-state index in [0.717, 1.165) is 0 Å². The van der Waals surface area contributed by atoms with Crippen LogP contribution in [0.4, 0.5) is 8.78 Å². The fourth-order valence-corrected chi connectivity index (χ4v) is 2.79. The first-order valence-corrected chi connectivity index (χ1v) is 7.40. The number of aryl methyl sites for hydroxylation is 1. The molecule has 1 saturated heterocycles. The van der Waals surface area contributed by atoms with Crippen molar-refractivity contribution in [1.29, 1.82) is 5.26 Å². The molecule has 1 fully saturated rings. The normalized spacial score (nSPS) is 20.9. The molecule has 3 rings (SSSR count). The number of pyridine rings is 1. The van der Waals surface area contributed by atoms with Crippen molar-refractivity contribution in [2.45, 2.75) is 25.9 Å². The second-order valence-corrected chi connectivity index (χ2v) is 5.78. The Hall–Kier alpha value is -2.04. The molecule has 3 heterocycles. The van der Waals surface area contributed by atoms with Crippen molar-refractivity contribution >= 4 is 11.6 Å². The van der Waals surface area contributed by atoms with Crippen molar-refractivity contribution in [1.82, 2.24) is 14.8 Å². The molecule has 0 saturated carbocycles. The van der Waals surface area contributed by atoms with E-state index < -0.39 is 18.4 Å². The average molecular weight is 339 g/mol. The van der Waals surface area contributed by atoms with E-state index in [-0.39, 0.29) is 23.9 Å². The minimum Gasteiger partial charge on any atom is -0.373 e. The third-order valence-corrected chi connectivity index (χ3v) is 4.02. The van der Waals surface area contributed by atoms with Gasteiger partial charge < -0.3 is 4.74 Å². The Balaban J connectivity index is 2.02. The molecule has 0 aromatic carbocycles. The van der Waals surface area contributed by atoms with Crippen LogP contribution in [0, 0.1) is 24.2 Å². The predicted octanol–water partition coefficient (Wildman–Crippen LogP) is 3.44. The molecule has 2 aromatic heterocycles. The third-order valence-electron chi connectivity index (χ3n) is 3.81. The molecular weight excluding hydrogens is 326 g/mol. The lowest BCUT2D eigenvalue weighted by Gasteiger charge is -2.15. The molecule has 5 nitrogen and oxygen atoms in total. The van der Waals surface area contributed by atoms with Crippen molar-refractivity contribution in [3.63, 3.8) is 0 Å². The molecule has 0 unspecified atom stereocenters. The SMILES string of the molecule is Cc1cc(C#N)nn1-c1nc(Cl)ccc1[C@H]1C[C@@H](C(F)F)CO1. The van der Waals surface area contributed by atoms with Crippen molar-refractivity contribution in [3.05, 3.63) is 40.3 Å². The van der Waals surface area contributed by atoms with E-state index in [9.17, 15) is 8.78 Å². The standard InChI is InChI=1S/C15H13ClF2N4O/c1-8-4-10(6-19)21-22(8)15-11(2-3-13(16)20-15)12-5-9(7-23-12)14(17)18/h2-4,9,12,14H,5,7H2,1H3/t9-,12-/m1/s1. The van der Waals surface area contributed by atoms with Gasteiger partial charge in [0, 0.05) is 17.2 Å². The number of hydrogen-bond acceptors (Lipinski definition) is 4. The van der Waals surface area contributed by atoms with E-state index in [0.29, 0.717) is 17.1 Å². The van der Waals surface area contributed by atoms with Gasteiger partial charge in [0.15, 0.2) is 11.5 Å². The van der Waals surface area contributed by atoms with Crippen LogP contribution < -0.4 is 0 Å². The monoisotopic (exact) mass is 338 g/mol. The van der Waals surface area contributed by atoms with Crippen LogP contribution in [0.15, 0.2) is 18.2 Å². The number of rotatable bonds is 3. The molecule has 0 aliphatic carbocycles. The van der Waals surface area contributed by atoms with Gasteiger partial charge in [0.2, 0.25) is 6.43 Å². The van der Waals surface area contributed by atoms with Gasteiger partial charge in [-0.05, 0) is 31.5 Å². The molecule has 1 aliphatic heterocycles. The Bertz CT molecular complexity index is 771. The van der Waals surface area contributed by atoms with Gasteiger partial charge in [-0.1, -0.05) is 11.6 Å². The summed E-state index contributed by atoms with van der Waals surface area (Å²) in [6.45, 7) is 1.78. The summed E-state index contributed by atoms with van der Waals surface area (Å²) in [4.78, 5) is 4.26. The van der Waals surface area contributed by atoms with Gasteiger partial charge in [-0.2, -0.15) is 10.4 Å². The van der Waals surface area contributed by atoms with Gasteiger partial charge in [0.1, 0.15) is 11.2 Å². The lowest BCUT2D eigenvalue weighted by molar-refractivity contribution is 0.0579. The van der Waals surface area contributed by atoms with Crippen LogP contribution in [0.3, 0.4) is 0 Å². The zero-order chi connectivity index (χ0) is 16.6. The van der Waals surface area contributed by atoms with Gasteiger partial charge in [0.25, 0.3) is 0 Å². The number of halogens is 3. The highest BCUT2D eigenvalue weighted by molar-refractivity contribution is 6.29. The molecule has 0 bridgehead atoms. The Morgan fingerprint density at radius 3 is 2.87 bits per heavy atom. The Morgan fingerprint density at radius 2 is 2.26 bits per heavy atom. The molecule has 0 radical (unpaired) electrons. The van der Waals surface area contributed by atoms with Gasteiger partial charge >= 0.3 is 0 Å². The lowest BCUT2D eigenvalue weighted by Crippen LogP contribution is -2.11. The van der Waals surface area contributed by atoms with Crippen molar-refractivity contribution in [3.8, 4) is 11.9 Å². The first-order valence-electron chi connectivity index (χ1n) is 7.03. The van der Waals surface area contributed by atoms with E-state index in [2.05, 4.69) is 10.1 Å². The summed E-state index contributed by atoms with van der Waals surface area (Å²) in [6, 6.07) is 6.87. The minimum absolute atomic E-state index is 0.00589. The zero-order valence-corrected chi connectivity index (χ0v) is 13.0. The van der Waals surface area contributed by atoms with Crippen LogP contribution in [-0.4, -0.2) is 27.8 Å². The van der Waals surface area contributed by atoms with Crippen LogP contribution in [0.5, 0.6) is 0 Å². The molecule has 0 spiro atoms. The van der Waals surface area contributed by atoms with Gasteiger partial charge in [-0.15, -0.1) is 0 Å². The summed E-state index contributed by atoms with van der Waals surface area (Å²) < 4.78 is 32.7. The van der Waals surface area contributed by atoms with Crippen LogP contribution in [0.1, 0.15) is 29.5 Å². The summed E-state index contributed by atoms with van der Waals surface area (Å²) in [5, 5.41) is 13.4. The van der Waals surface area contributed by atoms with Crippen LogP contribution in [0.25, 0.3) is 5.82 Å². The molecule has 23 heavy (non-hydrogen) atoms. The number of nitrogens with zero attached hydrogens (tertiary/aromatic N) is 4. The van der Waals surface area contributed by atoms with Gasteiger partial charge in [-0.25, -0.2) is 18.4 Å². The van der Waals surface area contributed by atoms with Crippen LogP contribution in [0.2, 0.25) is 5.15 Å². The Morgan fingerprint density at radius 1 is 1.48 bits per heavy atom. The van der Waals surface area contributed by atoms with Gasteiger partial charge in [0.05, 0.1) is 12.7 Å². The molecule has 120 valence electrons. The Labute approximate surface area is 136 Å². The first kappa shape index (κ1) is 15.8. The fourth-order valence-electron chi connectivity index (χ4n) is 2.64. The predicted molar refractivity (Wildman–Crippen MR) is 78.6 cm³/mol. The zero-order valence-electron chi connectivity index (χ0n) is 12.2. The molecule has 1 aliphatic rings. The maximum Gasteiger partial charge on any atom is 0.243 e. The summed E-state index contributed by atoms with van der Waals surface area (Å²) in [7, 11) is 0. The number of alkyl halides is 2. The summed E-state index contributed by atoms with van der Waals surface area (Å²) in [6.07, 6.45) is -2.71. The highest BCUT2D eigenvalue weighted by Gasteiger charge is 2.34. The van der Waals surface area contributed by atoms with E-state index in [1.54, 1.807) is 25.1 Å². The van der Waals surface area contributed by atoms with Crippen LogP contribution in [-0.2, 0) is 4.74 Å². The fraction of sp³-hybridized carbons (Fsp3) is 0.400. The second kappa shape index (κ2) is 6.22. The van der Waals surface area contributed by atoms with Crippen molar-refractivity contribution < 1.29 is 13.5 Å².